The van der Waals surface area contributed by atoms with Crippen molar-refractivity contribution >= 4 is 27.5 Å². The van der Waals surface area contributed by atoms with Gasteiger partial charge in [0.2, 0.25) is 0 Å². The van der Waals surface area contributed by atoms with Crippen molar-refractivity contribution in [2.75, 3.05) is 13.7 Å². The van der Waals surface area contributed by atoms with Gasteiger partial charge in [0.1, 0.15) is 5.75 Å². The van der Waals surface area contributed by atoms with Crippen LogP contribution in [0, 0.1) is 0 Å². The Balaban J connectivity index is 2.44. The minimum absolute atomic E-state index is 0.0784. The first-order chi connectivity index (χ1) is 10.2. The Labute approximate surface area is 139 Å². The maximum absolute atomic E-state index is 6.00. The summed E-state index contributed by atoms with van der Waals surface area (Å²) in [6.45, 7) is 3.09. The van der Waals surface area contributed by atoms with Gasteiger partial charge < -0.3 is 10.1 Å². The molecule has 4 heteroatoms. The number of hydrogen-bond donors (Lipinski definition) is 1. The summed E-state index contributed by atoms with van der Waals surface area (Å²) < 4.78 is 6.56. The molecule has 2 rings (SSSR count). The molecule has 1 atom stereocenters. The molecule has 0 heterocycles. The zero-order valence-electron chi connectivity index (χ0n) is 12.2. The molecule has 2 nitrogen and oxygen atoms in total. The third-order valence-corrected chi connectivity index (χ3v) is 4.05. The maximum atomic E-state index is 6.00. The molecule has 0 saturated carbocycles. The molecule has 2 aromatic carbocycles. The van der Waals surface area contributed by atoms with E-state index < -0.39 is 0 Å². The second-order valence-electron chi connectivity index (χ2n) is 4.82. The fourth-order valence-electron chi connectivity index (χ4n) is 2.28. The quantitative estimate of drug-likeness (QED) is 0.756. The Kier molecular flexibility index (Phi) is 6.09. The van der Waals surface area contributed by atoms with E-state index >= 15 is 0 Å². The number of nitrogens with one attached hydrogen (secondary N) is 1. The molecule has 0 fully saturated rings. The van der Waals surface area contributed by atoms with Gasteiger partial charge in [-0.05, 0) is 48.9 Å². The SMILES string of the molecule is CCCNC(c1ccc(Cl)cc1)c1cc(Br)ccc1OC. The van der Waals surface area contributed by atoms with Gasteiger partial charge in [-0.15, -0.1) is 0 Å². The van der Waals surface area contributed by atoms with E-state index in [-0.39, 0.29) is 6.04 Å². The molecule has 1 N–H and O–H groups in total. The van der Waals surface area contributed by atoms with Crippen LogP contribution in [0.1, 0.15) is 30.5 Å². The van der Waals surface area contributed by atoms with Crippen LogP contribution in [0.3, 0.4) is 0 Å². The largest absolute Gasteiger partial charge is 0.496 e. The predicted molar refractivity (Wildman–Crippen MR) is 92.3 cm³/mol. The first-order valence-corrected chi connectivity index (χ1v) is 8.15. The molecule has 0 aliphatic rings. The zero-order valence-corrected chi connectivity index (χ0v) is 14.5. The molecule has 0 aromatic heterocycles. The van der Waals surface area contributed by atoms with Crippen molar-refractivity contribution in [2.24, 2.45) is 0 Å². The molecule has 0 spiro atoms. The van der Waals surface area contributed by atoms with Crippen molar-refractivity contribution in [1.29, 1.82) is 0 Å². The maximum Gasteiger partial charge on any atom is 0.124 e. The lowest BCUT2D eigenvalue weighted by Gasteiger charge is -2.22. The van der Waals surface area contributed by atoms with E-state index in [0.717, 1.165) is 33.8 Å². The summed E-state index contributed by atoms with van der Waals surface area (Å²) in [7, 11) is 1.70. The first-order valence-electron chi connectivity index (χ1n) is 6.98. The van der Waals surface area contributed by atoms with Gasteiger partial charge in [-0.1, -0.05) is 46.6 Å². The van der Waals surface area contributed by atoms with Crippen LogP contribution < -0.4 is 10.1 Å². The number of methoxy groups -OCH3 is 1. The third-order valence-electron chi connectivity index (χ3n) is 3.30. The van der Waals surface area contributed by atoms with Crippen LogP contribution in [0.5, 0.6) is 5.75 Å². The summed E-state index contributed by atoms with van der Waals surface area (Å²) >= 11 is 9.54. The van der Waals surface area contributed by atoms with E-state index in [1.54, 1.807) is 7.11 Å². The van der Waals surface area contributed by atoms with E-state index in [4.69, 9.17) is 16.3 Å². The van der Waals surface area contributed by atoms with Gasteiger partial charge >= 0.3 is 0 Å². The Morgan fingerprint density at radius 2 is 1.90 bits per heavy atom. The lowest BCUT2D eigenvalue weighted by Crippen LogP contribution is -2.23. The second-order valence-corrected chi connectivity index (χ2v) is 6.18. The van der Waals surface area contributed by atoms with Crippen LogP contribution in [-0.2, 0) is 0 Å². The minimum atomic E-state index is 0.0784. The number of ether oxygens (including phenoxy) is 1. The van der Waals surface area contributed by atoms with Gasteiger partial charge in [0.05, 0.1) is 13.2 Å². The summed E-state index contributed by atoms with van der Waals surface area (Å²) in [6.07, 6.45) is 1.07. The minimum Gasteiger partial charge on any atom is -0.496 e. The molecule has 0 saturated heterocycles. The van der Waals surface area contributed by atoms with E-state index in [1.807, 2.05) is 24.3 Å². The fraction of sp³-hybridized carbons (Fsp3) is 0.294. The van der Waals surface area contributed by atoms with Crippen LogP contribution in [0.4, 0.5) is 0 Å². The Hall–Kier alpha value is -1.03. The molecule has 1 unspecified atom stereocenters. The summed E-state index contributed by atoms with van der Waals surface area (Å²) in [5, 5.41) is 4.32. The average Bonchev–Trinajstić information content (AvgIpc) is 2.49. The zero-order chi connectivity index (χ0) is 15.2. The van der Waals surface area contributed by atoms with Crippen LogP contribution >= 0.6 is 27.5 Å². The third kappa shape index (κ3) is 4.22. The Morgan fingerprint density at radius 1 is 1.19 bits per heavy atom. The van der Waals surface area contributed by atoms with E-state index in [0.29, 0.717) is 0 Å². The summed E-state index contributed by atoms with van der Waals surface area (Å²) in [5.41, 5.74) is 2.28. The highest BCUT2D eigenvalue weighted by Gasteiger charge is 2.18. The topological polar surface area (TPSA) is 21.3 Å². The smallest absolute Gasteiger partial charge is 0.124 e. The lowest BCUT2D eigenvalue weighted by atomic mass is 9.97. The van der Waals surface area contributed by atoms with Crippen molar-refractivity contribution in [3.8, 4) is 5.75 Å². The summed E-state index contributed by atoms with van der Waals surface area (Å²) in [4.78, 5) is 0. The second kappa shape index (κ2) is 7.83. The Morgan fingerprint density at radius 3 is 2.52 bits per heavy atom. The van der Waals surface area contributed by atoms with E-state index in [2.05, 4.69) is 46.4 Å². The molecule has 0 aliphatic carbocycles. The normalized spacial score (nSPS) is 12.2. The number of benzene rings is 2. The van der Waals surface area contributed by atoms with Crippen molar-refractivity contribution in [1.82, 2.24) is 5.32 Å². The van der Waals surface area contributed by atoms with Gasteiger partial charge in [0.15, 0.2) is 0 Å². The van der Waals surface area contributed by atoms with Gasteiger partial charge in [-0.25, -0.2) is 0 Å². The van der Waals surface area contributed by atoms with Gasteiger partial charge in [-0.3, -0.25) is 0 Å². The molecule has 0 bridgehead atoms. The lowest BCUT2D eigenvalue weighted by molar-refractivity contribution is 0.403. The standard InChI is InChI=1S/C17H19BrClNO/c1-3-10-20-17(12-4-7-14(19)8-5-12)15-11-13(18)6-9-16(15)21-2/h4-9,11,17,20H,3,10H2,1-2H3. The summed E-state index contributed by atoms with van der Waals surface area (Å²) in [6, 6.07) is 14.1. The monoisotopic (exact) mass is 367 g/mol. The molecular formula is C17H19BrClNO. The average molecular weight is 369 g/mol. The highest BCUT2D eigenvalue weighted by atomic mass is 79.9. The molecular weight excluding hydrogens is 350 g/mol. The predicted octanol–water partition coefficient (Wildman–Crippen LogP) is 5.20. The molecule has 2 aromatic rings. The van der Waals surface area contributed by atoms with Crippen LogP contribution in [0.2, 0.25) is 5.02 Å². The molecule has 0 aliphatic heterocycles. The Bertz CT molecular complexity index is 586. The number of hydrogen-bond acceptors (Lipinski definition) is 2. The highest BCUT2D eigenvalue weighted by Crippen LogP contribution is 2.33. The van der Waals surface area contributed by atoms with Crippen molar-refractivity contribution < 1.29 is 4.74 Å². The van der Waals surface area contributed by atoms with Crippen molar-refractivity contribution in [2.45, 2.75) is 19.4 Å². The van der Waals surface area contributed by atoms with Crippen molar-refractivity contribution in [3.63, 3.8) is 0 Å². The number of rotatable bonds is 6. The van der Waals surface area contributed by atoms with Gasteiger partial charge in [0.25, 0.3) is 0 Å². The number of halogens is 2. The molecule has 21 heavy (non-hydrogen) atoms. The molecule has 0 radical (unpaired) electrons. The first kappa shape index (κ1) is 16.3. The van der Waals surface area contributed by atoms with Crippen LogP contribution in [0.15, 0.2) is 46.9 Å². The van der Waals surface area contributed by atoms with Crippen LogP contribution in [-0.4, -0.2) is 13.7 Å². The van der Waals surface area contributed by atoms with E-state index in [1.165, 1.54) is 5.56 Å². The molecule has 0 amide bonds. The van der Waals surface area contributed by atoms with E-state index in [9.17, 15) is 0 Å². The highest BCUT2D eigenvalue weighted by molar-refractivity contribution is 9.10. The van der Waals surface area contributed by atoms with Gasteiger partial charge in [-0.2, -0.15) is 0 Å². The fourth-order valence-corrected chi connectivity index (χ4v) is 2.79. The molecule has 112 valence electrons. The summed E-state index contributed by atoms with van der Waals surface area (Å²) in [5.74, 6) is 0.877. The van der Waals surface area contributed by atoms with Crippen molar-refractivity contribution in [3.05, 3.63) is 63.1 Å². The van der Waals surface area contributed by atoms with Crippen LogP contribution in [0.25, 0.3) is 0 Å². The van der Waals surface area contributed by atoms with Gasteiger partial charge in [0, 0.05) is 15.1 Å².